The molecule has 4 N–H and O–H groups in total. The number of carbonyl (C=O) groups is 4. The minimum atomic E-state index is -1.39. The first-order valence-electron chi connectivity index (χ1n) is 9.21. The minimum absolute atomic E-state index is 0.0493. The molecule has 0 radical (unpaired) electrons. The van der Waals surface area contributed by atoms with Crippen molar-refractivity contribution in [3.05, 3.63) is 33.4 Å². The van der Waals surface area contributed by atoms with Crippen LogP contribution in [0.25, 0.3) is 0 Å². The van der Waals surface area contributed by atoms with Crippen LogP contribution in [0.1, 0.15) is 49.4 Å². The number of hydrogen-bond acceptors (Lipinski definition) is 5. The monoisotopic (exact) mass is 520 g/mol. The van der Waals surface area contributed by atoms with Crippen LogP contribution in [-0.2, 0) is 14.3 Å². The van der Waals surface area contributed by atoms with Crippen LogP contribution in [0.5, 0.6) is 0 Å². The van der Waals surface area contributed by atoms with Crippen molar-refractivity contribution in [2.45, 2.75) is 51.2 Å². The van der Waals surface area contributed by atoms with E-state index in [0.717, 1.165) is 3.57 Å². The molecule has 1 rings (SSSR count). The number of halogens is 1. The van der Waals surface area contributed by atoms with Crippen molar-refractivity contribution < 1.29 is 34.1 Å². The number of amides is 2. The Balaban J connectivity index is 2.37. The summed E-state index contributed by atoms with van der Waals surface area (Å²) in [6.45, 7) is 2.11. The van der Waals surface area contributed by atoms with E-state index in [1.54, 1.807) is 19.1 Å². The van der Waals surface area contributed by atoms with E-state index < -0.39 is 30.2 Å². The van der Waals surface area contributed by atoms with Crippen molar-refractivity contribution >= 4 is 46.5 Å². The Kier molecular flexibility index (Phi) is 11.0. The third-order valence-corrected chi connectivity index (χ3v) is 4.70. The molecule has 1 aromatic rings. The Morgan fingerprint density at radius 2 is 1.69 bits per heavy atom. The Morgan fingerprint density at radius 3 is 2.24 bits per heavy atom. The molecule has 0 aliphatic carbocycles. The lowest BCUT2D eigenvalue weighted by molar-refractivity contribution is -0.147. The average molecular weight is 520 g/mol. The number of alkyl carbamates (subject to hydrolysis) is 1. The Hall–Kier alpha value is -2.37. The molecule has 0 saturated carbocycles. The van der Waals surface area contributed by atoms with Crippen LogP contribution >= 0.6 is 22.6 Å². The quantitative estimate of drug-likeness (QED) is 0.245. The van der Waals surface area contributed by atoms with E-state index in [2.05, 4.69) is 33.2 Å². The van der Waals surface area contributed by atoms with Crippen LogP contribution < -0.4 is 10.6 Å². The predicted molar refractivity (Wildman–Crippen MR) is 113 cm³/mol. The maximum atomic E-state index is 12.0. The third-order valence-electron chi connectivity index (χ3n) is 3.98. The van der Waals surface area contributed by atoms with Crippen molar-refractivity contribution in [1.82, 2.24) is 10.6 Å². The standard InChI is InChI=1S/C19H25IN2O7/c1-2-5-14(17(24)25)22-19(28)29-15(18(26)27)6-3-4-11-21-16(23)12-7-9-13(20)10-8-12/h7-10,14-15H,2-6,11H2,1H3,(H,21,23)(H,22,28)(H,24,25)(H,26,27)/t14-,15-/m0/s1. The molecule has 29 heavy (non-hydrogen) atoms. The Bertz CT molecular complexity index is 709. The topological polar surface area (TPSA) is 142 Å². The van der Waals surface area contributed by atoms with Gasteiger partial charge in [0.25, 0.3) is 5.91 Å². The molecule has 0 heterocycles. The zero-order valence-corrected chi connectivity index (χ0v) is 18.2. The minimum Gasteiger partial charge on any atom is -0.480 e. The largest absolute Gasteiger partial charge is 0.480 e. The van der Waals surface area contributed by atoms with Gasteiger partial charge in [0, 0.05) is 15.7 Å². The summed E-state index contributed by atoms with van der Waals surface area (Å²) in [5, 5.41) is 23.1. The van der Waals surface area contributed by atoms with E-state index >= 15 is 0 Å². The van der Waals surface area contributed by atoms with Crippen molar-refractivity contribution in [1.29, 1.82) is 0 Å². The lowest BCUT2D eigenvalue weighted by atomic mass is 10.1. The second-order valence-corrected chi connectivity index (χ2v) is 7.56. The summed E-state index contributed by atoms with van der Waals surface area (Å²) >= 11 is 2.14. The van der Waals surface area contributed by atoms with E-state index in [1.165, 1.54) is 0 Å². The first-order chi connectivity index (χ1) is 13.7. The van der Waals surface area contributed by atoms with Crippen LogP contribution in [0.4, 0.5) is 4.79 Å². The molecule has 0 saturated heterocycles. The Morgan fingerprint density at radius 1 is 1.03 bits per heavy atom. The summed E-state index contributed by atoms with van der Waals surface area (Å²) in [6.07, 6.45) is -0.778. The summed E-state index contributed by atoms with van der Waals surface area (Å²) in [4.78, 5) is 46.1. The van der Waals surface area contributed by atoms with Crippen molar-refractivity contribution in [3.63, 3.8) is 0 Å². The van der Waals surface area contributed by atoms with Crippen LogP contribution in [0.15, 0.2) is 24.3 Å². The average Bonchev–Trinajstić information content (AvgIpc) is 2.66. The molecule has 160 valence electrons. The first-order valence-corrected chi connectivity index (χ1v) is 10.3. The molecular formula is C19H25IN2O7. The van der Waals surface area contributed by atoms with E-state index in [-0.39, 0.29) is 18.7 Å². The highest BCUT2D eigenvalue weighted by Gasteiger charge is 2.25. The van der Waals surface area contributed by atoms with Gasteiger partial charge in [0.2, 0.25) is 6.10 Å². The number of carboxylic acid groups (broad SMARTS) is 2. The van der Waals surface area contributed by atoms with Crippen LogP contribution in [0, 0.1) is 3.57 Å². The fourth-order valence-corrected chi connectivity index (χ4v) is 2.80. The highest BCUT2D eigenvalue weighted by molar-refractivity contribution is 14.1. The fourth-order valence-electron chi connectivity index (χ4n) is 2.44. The number of carboxylic acids is 2. The van der Waals surface area contributed by atoms with Crippen molar-refractivity contribution in [2.75, 3.05) is 6.54 Å². The maximum absolute atomic E-state index is 12.0. The summed E-state index contributed by atoms with van der Waals surface area (Å²) in [6, 6.07) is 5.95. The van der Waals surface area contributed by atoms with E-state index in [0.29, 0.717) is 31.4 Å². The van der Waals surface area contributed by atoms with Crippen molar-refractivity contribution in [2.24, 2.45) is 0 Å². The second kappa shape index (κ2) is 13.0. The van der Waals surface area contributed by atoms with Crippen LogP contribution in [0.3, 0.4) is 0 Å². The van der Waals surface area contributed by atoms with Gasteiger partial charge in [-0.1, -0.05) is 13.3 Å². The lowest BCUT2D eigenvalue weighted by Crippen LogP contribution is -2.43. The number of rotatable bonds is 12. The molecule has 0 aromatic heterocycles. The number of benzene rings is 1. The number of ether oxygens (including phenoxy) is 1. The van der Waals surface area contributed by atoms with E-state index in [1.807, 2.05) is 12.1 Å². The van der Waals surface area contributed by atoms with Gasteiger partial charge in [-0.15, -0.1) is 0 Å². The molecule has 0 aliphatic heterocycles. The zero-order valence-electron chi connectivity index (χ0n) is 16.0. The van der Waals surface area contributed by atoms with Gasteiger partial charge in [-0.25, -0.2) is 14.4 Å². The lowest BCUT2D eigenvalue weighted by Gasteiger charge is -2.17. The molecule has 2 atom stereocenters. The van der Waals surface area contributed by atoms with Gasteiger partial charge < -0.3 is 25.6 Å². The van der Waals surface area contributed by atoms with E-state index in [4.69, 9.17) is 9.84 Å². The number of carbonyl (C=O) groups excluding carboxylic acids is 2. The molecule has 1 aromatic carbocycles. The van der Waals surface area contributed by atoms with Gasteiger partial charge in [0.1, 0.15) is 6.04 Å². The highest BCUT2D eigenvalue weighted by Crippen LogP contribution is 2.08. The van der Waals surface area contributed by atoms with Gasteiger partial charge in [0.15, 0.2) is 0 Å². The fraction of sp³-hybridized carbons (Fsp3) is 0.474. The third kappa shape index (κ3) is 9.59. The molecule has 9 nitrogen and oxygen atoms in total. The van der Waals surface area contributed by atoms with Gasteiger partial charge in [-0.2, -0.15) is 0 Å². The van der Waals surface area contributed by atoms with Gasteiger partial charge in [-0.05, 0) is 72.5 Å². The summed E-state index contributed by atoms with van der Waals surface area (Å²) in [5.74, 6) is -2.74. The smallest absolute Gasteiger partial charge is 0.408 e. The molecule has 0 unspecified atom stereocenters. The number of aliphatic carboxylic acids is 2. The Labute approximate surface area is 182 Å². The summed E-state index contributed by atoms with van der Waals surface area (Å²) < 4.78 is 5.87. The van der Waals surface area contributed by atoms with E-state index in [9.17, 15) is 24.3 Å². The number of hydrogen-bond donors (Lipinski definition) is 4. The molecular weight excluding hydrogens is 495 g/mol. The maximum Gasteiger partial charge on any atom is 0.408 e. The molecule has 0 bridgehead atoms. The number of nitrogens with one attached hydrogen (secondary N) is 2. The summed E-state index contributed by atoms with van der Waals surface area (Å²) in [5.41, 5.74) is 0.536. The molecule has 2 amide bonds. The van der Waals surface area contributed by atoms with Gasteiger partial charge >= 0.3 is 18.0 Å². The van der Waals surface area contributed by atoms with Crippen LogP contribution in [-0.4, -0.2) is 52.8 Å². The normalized spacial score (nSPS) is 12.5. The highest BCUT2D eigenvalue weighted by atomic mass is 127. The second-order valence-electron chi connectivity index (χ2n) is 6.31. The first kappa shape index (κ1) is 24.7. The van der Waals surface area contributed by atoms with Crippen LogP contribution in [0.2, 0.25) is 0 Å². The predicted octanol–water partition coefficient (Wildman–Crippen LogP) is 2.62. The number of unbranched alkanes of at least 4 members (excludes halogenated alkanes) is 1. The molecule has 0 aliphatic rings. The molecule has 10 heteroatoms. The van der Waals surface area contributed by atoms with Crippen molar-refractivity contribution in [3.8, 4) is 0 Å². The molecule has 0 fully saturated rings. The SMILES string of the molecule is CCC[C@H](NC(=O)O[C@@H](CCCCNC(=O)c1ccc(I)cc1)C(=O)O)C(=O)O. The van der Waals surface area contributed by atoms with Gasteiger partial charge in [0.05, 0.1) is 0 Å². The molecule has 0 spiro atoms. The van der Waals surface area contributed by atoms with Gasteiger partial charge in [-0.3, -0.25) is 4.79 Å². The summed E-state index contributed by atoms with van der Waals surface area (Å²) in [7, 11) is 0. The zero-order chi connectivity index (χ0) is 21.8.